The van der Waals surface area contributed by atoms with Crippen molar-refractivity contribution in [1.82, 2.24) is 9.78 Å². The Morgan fingerprint density at radius 3 is 2.06 bits per heavy atom. The van der Waals surface area contributed by atoms with Gasteiger partial charge in [0.1, 0.15) is 18.0 Å². The number of esters is 1. The molecule has 1 heterocycles. The van der Waals surface area contributed by atoms with Crippen LogP contribution in [0.5, 0.6) is 5.75 Å². The number of Topliss-reactive ketones (excluding diaryl/α,β-unsaturated/α-hetero) is 1. The Morgan fingerprint density at radius 2 is 1.53 bits per heavy atom. The summed E-state index contributed by atoms with van der Waals surface area (Å²) in [6.07, 6.45) is 17.6. The van der Waals surface area contributed by atoms with E-state index in [9.17, 15) is 9.59 Å². The Labute approximate surface area is 201 Å². The van der Waals surface area contributed by atoms with Gasteiger partial charge >= 0.3 is 23.0 Å². The first-order valence-corrected chi connectivity index (χ1v) is 9.93. The second kappa shape index (κ2) is 13.4. The topological polar surface area (TPSA) is 70.4 Å². The Bertz CT molecular complexity index is 846. The molecule has 2 aliphatic carbocycles. The molecule has 0 amide bonds. The van der Waals surface area contributed by atoms with Crippen molar-refractivity contribution in [2.24, 2.45) is 0 Å². The van der Waals surface area contributed by atoms with Crippen LogP contribution in [0.15, 0.2) is 30.3 Å². The number of carbonyl (C=O) groups is 2. The van der Waals surface area contributed by atoms with Crippen molar-refractivity contribution >= 4 is 11.8 Å². The third kappa shape index (κ3) is 7.21. The van der Waals surface area contributed by atoms with Crippen molar-refractivity contribution in [3.63, 3.8) is 0 Å². The number of ether oxygens (including phenoxy) is 2. The van der Waals surface area contributed by atoms with Crippen LogP contribution in [0.25, 0.3) is 0 Å². The molecule has 0 aliphatic heterocycles. The van der Waals surface area contributed by atoms with Gasteiger partial charge < -0.3 is 9.47 Å². The molecule has 2 aromatic rings. The van der Waals surface area contributed by atoms with Gasteiger partial charge in [-0.1, -0.05) is 0 Å². The summed E-state index contributed by atoms with van der Waals surface area (Å²) in [5, 5.41) is 4.43. The Kier molecular flexibility index (Phi) is 11.0. The number of nitrogens with zero attached hydrogens (tertiary/aromatic N) is 2. The summed E-state index contributed by atoms with van der Waals surface area (Å²) in [6, 6.07) is 8.46. The van der Waals surface area contributed by atoms with Gasteiger partial charge in [0.2, 0.25) is 0 Å². The molecule has 0 atom stereocenters. The van der Waals surface area contributed by atoms with Crippen LogP contribution in [0.3, 0.4) is 0 Å². The number of hydrogen-bond donors (Lipinski definition) is 0. The van der Waals surface area contributed by atoms with E-state index in [4.69, 9.17) is 9.47 Å². The Morgan fingerprint density at radius 1 is 0.938 bits per heavy atom. The van der Waals surface area contributed by atoms with Crippen LogP contribution in [0.2, 0.25) is 0 Å². The van der Waals surface area contributed by atoms with Gasteiger partial charge in [0.15, 0.2) is 5.78 Å². The van der Waals surface area contributed by atoms with E-state index in [0.29, 0.717) is 17.0 Å². The van der Waals surface area contributed by atoms with Crippen molar-refractivity contribution in [1.29, 1.82) is 0 Å². The number of carbonyl (C=O) groups excluding carboxylic acids is 2. The number of ketones is 1. The molecule has 0 bridgehead atoms. The molecule has 1 aromatic carbocycles. The second-order valence-corrected chi connectivity index (χ2v) is 6.58. The van der Waals surface area contributed by atoms with E-state index < -0.39 is 5.97 Å². The van der Waals surface area contributed by atoms with Gasteiger partial charge in [-0.15, -0.1) is 0 Å². The van der Waals surface area contributed by atoms with Crippen molar-refractivity contribution in [3.8, 4) is 5.75 Å². The SMILES string of the molecule is CCOC(=O)c1cc([C]2[CH][CH][CH][CH]2)nn1CC(=O)c1ccc(OC)cc1.[CH]1[CH][CH][CH][CH]1.[Fe+2]. The molecular weight excluding hydrogens is 448 g/mol. The van der Waals surface area contributed by atoms with Crippen LogP contribution in [0.1, 0.15) is 33.5 Å². The fourth-order valence-corrected chi connectivity index (χ4v) is 2.92. The van der Waals surface area contributed by atoms with Gasteiger partial charge in [-0.05, 0) is 95.0 Å². The molecule has 0 N–H and O–H groups in total. The maximum Gasteiger partial charge on any atom is 2.00 e. The molecule has 0 unspecified atom stereocenters. The largest absolute Gasteiger partial charge is 2.00 e. The van der Waals surface area contributed by atoms with Crippen molar-refractivity contribution in [2.45, 2.75) is 13.5 Å². The van der Waals surface area contributed by atoms with Crippen LogP contribution in [-0.2, 0) is 28.4 Å². The molecule has 0 saturated heterocycles. The summed E-state index contributed by atoms with van der Waals surface area (Å²) in [6.45, 7) is 1.93. The molecule has 6 nitrogen and oxygen atoms in total. The first-order chi connectivity index (χ1) is 15.1. The molecule has 2 aliphatic rings. The molecule has 4 rings (SSSR count). The number of benzene rings is 1. The second-order valence-electron chi connectivity index (χ2n) is 6.58. The van der Waals surface area contributed by atoms with E-state index in [2.05, 4.69) is 5.10 Å². The minimum Gasteiger partial charge on any atom is -0.497 e. The van der Waals surface area contributed by atoms with Gasteiger partial charge in [0, 0.05) is 11.5 Å². The first kappa shape index (κ1) is 26.1. The van der Waals surface area contributed by atoms with Crippen molar-refractivity contribution in [2.75, 3.05) is 13.7 Å². The smallest absolute Gasteiger partial charge is 0.497 e. The van der Waals surface area contributed by atoms with E-state index in [1.807, 2.05) is 57.8 Å². The van der Waals surface area contributed by atoms with Crippen molar-refractivity contribution < 1.29 is 36.1 Å². The van der Waals surface area contributed by atoms with E-state index in [-0.39, 0.29) is 41.7 Å². The summed E-state index contributed by atoms with van der Waals surface area (Å²) >= 11 is 0. The minimum atomic E-state index is -0.500. The van der Waals surface area contributed by atoms with Gasteiger partial charge in [0.25, 0.3) is 0 Å². The van der Waals surface area contributed by atoms with E-state index in [1.54, 1.807) is 44.4 Å². The van der Waals surface area contributed by atoms with Gasteiger partial charge in [-0.25, -0.2) is 9.48 Å². The number of methoxy groups -OCH3 is 1. The van der Waals surface area contributed by atoms with Crippen LogP contribution in [0, 0.1) is 63.7 Å². The molecular formula is C25H24FeN2O4+2. The van der Waals surface area contributed by atoms with Crippen LogP contribution in [-0.4, -0.2) is 35.2 Å². The maximum atomic E-state index is 12.6. The summed E-state index contributed by atoms with van der Waals surface area (Å²) < 4.78 is 11.6. The summed E-state index contributed by atoms with van der Waals surface area (Å²) in [5.74, 6) is 0.897. The molecule has 7 heteroatoms. The fraction of sp³-hybridized carbons (Fsp3) is 0.160. The van der Waals surface area contributed by atoms with E-state index in [0.717, 1.165) is 5.92 Å². The fourth-order valence-electron chi connectivity index (χ4n) is 2.92. The minimum absolute atomic E-state index is 0. The monoisotopic (exact) mass is 472 g/mol. The molecule has 0 spiro atoms. The summed E-state index contributed by atoms with van der Waals surface area (Å²) in [5.41, 5.74) is 1.40. The standard InChI is InChI=1S/C20H19N2O4.C5H5.Fe/c1-3-26-20(24)18-12-17(14-6-4-5-7-14)21-22(18)13-19(23)15-8-10-16(25-2)11-9-15;1-2-4-5-3-1;/h4-12H,3,13H2,1-2H3;1-5H;/q;;+2. The molecule has 2 saturated carbocycles. The first-order valence-electron chi connectivity index (χ1n) is 9.93. The van der Waals surface area contributed by atoms with Crippen LogP contribution < -0.4 is 4.74 Å². The summed E-state index contributed by atoms with van der Waals surface area (Å²) in [7, 11) is 1.57. The molecule has 32 heavy (non-hydrogen) atoms. The predicted molar refractivity (Wildman–Crippen MR) is 117 cm³/mol. The summed E-state index contributed by atoms with van der Waals surface area (Å²) in [4.78, 5) is 24.8. The number of rotatable bonds is 7. The Balaban J connectivity index is 0.000000534. The van der Waals surface area contributed by atoms with Crippen LogP contribution >= 0.6 is 0 Å². The molecule has 164 valence electrons. The average molecular weight is 472 g/mol. The number of aromatic nitrogens is 2. The van der Waals surface area contributed by atoms with Crippen molar-refractivity contribution in [3.05, 3.63) is 111 Å². The van der Waals surface area contributed by atoms with Gasteiger partial charge in [-0.3, -0.25) is 4.79 Å². The average Bonchev–Trinajstić information content (AvgIpc) is 3.57. The normalized spacial score (nSPS) is 15.4. The third-order valence-corrected chi connectivity index (χ3v) is 4.48. The van der Waals surface area contributed by atoms with Crippen LogP contribution in [0.4, 0.5) is 0 Å². The zero-order chi connectivity index (χ0) is 22.1. The maximum absolute atomic E-state index is 12.6. The molecule has 10 radical (unpaired) electrons. The predicted octanol–water partition coefficient (Wildman–Crippen LogP) is 3.72. The third-order valence-electron chi connectivity index (χ3n) is 4.48. The van der Waals surface area contributed by atoms with E-state index >= 15 is 0 Å². The molecule has 2 fully saturated rings. The number of hydrogen-bond acceptors (Lipinski definition) is 5. The molecule has 1 aromatic heterocycles. The van der Waals surface area contributed by atoms with Gasteiger partial charge in [-0.2, -0.15) is 5.10 Å². The Hall–Kier alpha value is -2.11. The zero-order valence-corrected chi connectivity index (χ0v) is 19.0. The zero-order valence-electron chi connectivity index (χ0n) is 17.9. The quantitative estimate of drug-likeness (QED) is 0.349. The van der Waals surface area contributed by atoms with E-state index in [1.165, 1.54) is 4.68 Å². The van der Waals surface area contributed by atoms with Gasteiger partial charge in [0.05, 0.1) is 19.4 Å².